The molecule has 5 heteroatoms. The average molecular weight is 389 g/mol. The molecule has 0 amide bonds. The molecule has 4 saturated carbocycles. The third-order valence-corrected chi connectivity index (χ3v) is 9.72. The SMILES string of the molecule is C[C@H]1C(=O)[C@@]23[C@@H]4OC(C)(C)O[C@@H]2C[C@@H]2C(C)(C)CCC(=O)[C@]25CO[C@H](C[C@H]41)[C@@H]53. The summed E-state index contributed by atoms with van der Waals surface area (Å²) in [5, 5.41) is 0. The molecule has 4 aliphatic carbocycles. The predicted octanol–water partition coefficient (Wildman–Crippen LogP) is 3.14. The molecule has 0 unspecified atom stereocenters. The number of ether oxygens (including phenoxy) is 3. The third kappa shape index (κ3) is 1.70. The van der Waals surface area contributed by atoms with Crippen LogP contribution < -0.4 is 0 Å². The predicted molar refractivity (Wildman–Crippen MR) is 100 cm³/mol. The first-order chi connectivity index (χ1) is 13.1. The molecule has 2 bridgehead atoms. The molecule has 6 rings (SSSR count). The molecule has 0 aromatic heterocycles. The summed E-state index contributed by atoms with van der Waals surface area (Å²) in [6.07, 6.45) is 2.75. The molecule has 2 heterocycles. The molecule has 2 spiro atoms. The quantitative estimate of drug-likeness (QED) is 0.638. The number of Topliss-reactive ketones (excluding diaryl/α,β-unsaturated/α-hetero) is 2. The molecule has 0 aromatic rings. The molecule has 0 aromatic carbocycles. The van der Waals surface area contributed by atoms with Gasteiger partial charge in [-0.15, -0.1) is 0 Å². The molecule has 28 heavy (non-hydrogen) atoms. The van der Waals surface area contributed by atoms with Crippen molar-refractivity contribution in [1.82, 2.24) is 0 Å². The van der Waals surface area contributed by atoms with Crippen LogP contribution in [0.4, 0.5) is 0 Å². The van der Waals surface area contributed by atoms with E-state index >= 15 is 0 Å². The van der Waals surface area contributed by atoms with Crippen molar-refractivity contribution < 1.29 is 23.8 Å². The highest BCUT2D eigenvalue weighted by molar-refractivity contribution is 5.95. The Bertz CT molecular complexity index is 786. The minimum Gasteiger partial charge on any atom is -0.377 e. The third-order valence-electron chi connectivity index (χ3n) is 9.72. The van der Waals surface area contributed by atoms with Crippen molar-refractivity contribution >= 4 is 11.6 Å². The van der Waals surface area contributed by atoms with Gasteiger partial charge >= 0.3 is 0 Å². The molecule has 2 saturated heterocycles. The molecule has 5 nitrogen and oxygen atoms in total. The van der Waals surface area contributed by atoms with Crippen LogP contribution in [0.5, 0.6) is 0 Å². The van der Waals surface area contributed by atoms with Gasteiger partial charge in [-0.2, -0.15) is 0 Å². The second-order valence-corrected chi connectivity index (χ2v) is 11.6. The number of hydrogen-bond acceptors (Lipinski definition) is 5. The fourth-order valence-electron chi connectivity index (χ4n) is 8.76. The van der Waals surface area contributed by atoms with E-state index in [1.807, 2.05) is 13.8 Å². The van der Waals surface area contributed by atoms with E-state index in [2.05, 4.69) is 20.8 Å². The number of rotatable bonds is 0. The topological polar surface area (TPSA) is 61.8 Å². The average Bonchev–Trinajstić information content (AvgIpc) is 3.06. The van der Waals surface area contributed by atoms with E-state index in [0.29, 0.717) is 18.8 Å². The van der Waals surface area contributed by atoms with Crippen LogP contribution in [0.15, 0.2) is 0 Å². The van der Waals surface area contributed by atoms with Gasteiger partial charge in [0.2, 0.25) is 0 Å². The van der Waals surface area contributed by atoms with Gasteiger partial charge in [-0.3, -0.25) is 9.59 Å². The lowest BCUT2D eigenvalue weighted by Crippen LogP contribution is -2.74. The Balaban J connectivity index is 1.62. The minimum absolute atomic E-state index is 0.0216. The number of hydrogen-bond donors (Lipinski definition) is 0. The molecule has 154 valence electrons. The first-order valence-electron chi connectivity index (χ1n) is 11.1. The summed E-state index contributed by atoms with van der Waals surface area (Å²) in [4.78, 5) is 27.5. The number of ketones is 2. The van der Waals surface area contributed by atoms with E-state index in [4.69, 9.17) is 14.2 Å². The van der Waals surface area contributed by atoms with Crippen LogP contribution in [-0.4, -0.2) is 42.3 Å². The van der Waals surface area contributed by atoms with Gasteiger partial charge in [-0.1, -0.05) is 20.8 Å². The van der Waals surface area contributed by atoms with Gasteiger partial charge in [0.15, 0.2) is 5.79 Å². The van der Waals surface area contributed by atoms with E-state index in [1.165, 1.54) is 0 Å². The van der Waals surface area contributed by atoms with Gasteiger partial charge < -0.3 is 14.2 Å². The first kappa shape index (κ1) is 18.0. The van der Waals surface area contributed by atoms with Crippen LogP contribution in [-0.2, 0) is 23.8 Å². The summed E-state index contributed by atoms with van der Waals surface area (Å²) in [5.74, 6) is 0.113. The highest BCUT2D eigenvalue weighted by Gasteiger charge is 2.83. The summed E-state index contributed by atoms with van der Waals surface area (Å²) >= 11 is 0. The monoisotopic (exact) mass is 388 g/mol. The Morgan fingerprint density at radius 3 is 2.54 bits per heavy atom. The van der Waals surface area contributed by atoms with Crippen molar-refractivity contribution in [3.8, 4) is 0 Å². The van der Waals surface area contributed by atoms with Crippen molar-refractivity contribution in [2.24, 2.45) is 39.9 Å². The lowest BCUT2D eigenvalue weighted by atomic mass is 9.39. The van der Waals surface area contributed by atoms with Gasteiger partial charge in [-0.25, -0.2) is 0 Å². The lowest BCUT2D eigenvalue weighted by Gasteiger charge is -2.66. The fraction of sp³-hybridized carbons (Fsp3) is 0.913. The molecule has 9 atom stereocenters. The van der Waals surface area contributed by atoms with E-state index in [9.17, 15) is 9.59 Å². The highest BCUT2D eigenvalue weighted by atomic mass is 16.7. The molecule has 2 aliphatic heterocycles. The minimum atomic E-state index is -0.710. The summed E-state index contributed by atoms with van der Waals surface area (Å²) < 4.78 is 19.5. The van der Waals surface area contributed by atoms with Crippen LogP contribution in [0, 0.1) is 39.9 Å². The van der Waals surface area contributed by atoms with Crippen LogP contribution in [0.3, 0.4) is 0 Å². The van der Waals surface area contributed by atoms with E-state index < -0.39 is 16.6 Å². The molecular weight excluding hydrogens is 356 g/mol. The summed E-state index contributed by atoms with van der Waals surface area (Å²) in [7, 11) is 0. The Morgan fingerprint density at radius 2 is 1.79 bits per heavy atom. The van der Waals surface area contributed by atoms with Gasteiger partial charge in [0, 0.05) is 18.3 Å². The Hall–Kier alpha value is -0.780. The zero-order valence-corrected chi connectivity index (χ0v) is 17.6. The summed E-state index contributed by atoms with van der Waals surface area (Å²) in [6.45, 7) is 11.1. The Kier molecular flexibility index (Phi) is 3.17. The van der Waals surface area contributed by atoms with Gasteiger partial charge in [0.25, 0.3) is 0 Å². The highest BCUT2D eigenvalue weighted by Crippen LogP contribution is 2.75. The number of carbonyl (C=O) groups excluding carboxylic acids is 2. The number of carbonyl (C=O) groups is 2. The fourth-order valence-corrected chi connectivity index (χ4v) is 8.76. The summed E-state index contributed by atoms with van der Waals surface area (Å²) in [5.41, 5.74) is -1.21. The van der Waals surface area contributed by atoms with Crippen molar-refractivity contribution in [1.29, 1.82) is 0 Å². The van der Waals surface area contributed by atoms with Crippen molar-refractivity contribution in [3.05, 3.63) is 0 Å². The van der Waals surface area contributed by atoms with Gasteiger partial charge in [0.05, 0.1) is 35.7 Å². The van der Waals surface area contributed by atoms with Crippen LogP contribution >= 0.6 is 0 Å². The standard InChI is InChI=1S/C23H32O5/c1-11-12-8-13-17-22(10-26-13)14(20(2,3)7-6-15(22)24)9-16-23(17,18(11)25)19(12)28-21(4,5)27-16/h11-14,16-17,19H,6-10H2,1-5H3/t11-,12+,13-,14-,16-,17+,19-,22+,23-/m1/s1. The maximum absolute atomic E-state index is 13.9. The smallest absolute Gasteiger partial charge is 0.163 e. The summed E-state index contributed by atoms with van der Waals surface area (Å²) in [6, 6.07) is 0. The molecular formula is C23H32O5. The van der Waals surface area contributed by atoms with Crippen LogP contribution in [0.1, 0.15) is 60.3 Å². The van der Waals surface area contributed by atoms with Gasteiger partial charge in [-0.05, 0) is 50.4 Å². The molecule has 6 fully saturated rings. The lowest BCUT2D eigenvalue weighted by molar-refractivity contribution is -0.376. The largest absolute Gasteiger partial charge is 0.377 e. The van der Waals surface area contributed by atoms with Crippen LogP contribution in [0.25, 0.3) is 0 Å². The molecule has 0 radical (unpaired) electrons. The van der Waals surface area contributed by atoms with E-state index in [-0.39, 0.29) is 53.2 Å². The Morgan fingerprint density at radius 1 is 1.04 bits per heavy atom. The van der Waals surface area contributed by atoms with Crippen LogP contribution in [0.2, 0.25) is 0 Å². The first-order valence-corrected chi connectivity index (χ1v) is 11.1. The van der Waals surface area contributed by atoms with Gasteiger partial charge in [0.1, 0.15) is 11.6 Å². The molecule has 6 aliphatic rings. The van der Waals surface area contributed by atoms with Crippen molar-refractivity contribution in [2.45, 2.75) is 84.4 Å². The van der Waals surface area contributed by atoms with E-state index in [0.717, 1.165) is 19.3 Å². The zero-order valence-electron chi connectivity index (χ0n) is 17.6. The normalized spacial score (nSPS) is 57.7. The molecule has 0 N–H and O–H groups in total. The second-order valence-electron chi connectivity index (χ2n) is 11.6. The maximum Gasteiger partial charge on any atom is 0.163 e. The van der Waals surface area contributed by atoms with Crippen molar-refractivity contribution in [2.75, 3.05) is 6.61 Å². The zero-order chi connectivity index (χ0) is 19.9. The Labute approximate surface area is 166 Å². The van der Waals surface area contributed by atoms with E-state index in [1.54, 1.807) is 0 Å². The second kappa shape index (κ2) is 4.92. The van der Waals surface area contributed by atoms with Crippen molar-refractivity contribution in [3.63, 3.8) is 0 Å². The maximum atomic E-state index is 13.9.